The third-order valence-electron chi connectivity index (χ3n) is 2.84. The minimum atomic E-state index is -1.12. The van der Waals surface area contributed by atoms with Gasteiger partial charge in [-0.15, -0.1) is 0 Å². The van der Waals surface area contributed by atoms with Crippen LogP contribution in [0.4, 0.5) is 11.5 Å². The van der Waals surface area contributed by atoms with Crippen LogP contribution >= 0.6 is 0 Å². The molecular weight excluding hydrogens is 280 g/mol. The predicted molar refractivity (Wildman–Crippen MR) is 73.1 cm³/mol. The van der Waals surface area contributed by atoms with Gasteiger partial charge in [0.15, 0.2) is 6.10 Å². The van der Waals surface area contributed by atoms with Gasteiger partial charge in [0.05, 0.1) is 17.0 Å². The first-order chi connectivity index (χ1) is 10.0. The van der Waals surface area contributed by atoms with Crippen molar-refractivity contribution in [3.63, 3.8) is 0 Å². The number of anilines is 1. The van der Waals surface area contributed by atoms with Crippen molar-refractivity contribution < 1.29 is 19.6 Å². The highest BCUT2D eigenvalue weighted by molar-refractivity contribution is 5.90. The van der Waals surface area contributed by atoms with Crippen LogP contribution in [0.15, 0.2) is 24.5 Å². The van der Waals surface area contributed by atoms with Crippen LogP contribution < -0.4 is 5.32 Å². The molecule has 0 aliphatic carbocycles. The van der Waals surface area contributed by atoms with E-state index in [0.29, 0.717) is 16.7 Å². The zero-order valence-corrected chi connectivity index (χ0v) is 11.0. The number of aliphatic carboxylic acids is 1. The van der Waals surface area contributed by atoms with E-state index in [1.54, 1.807) is 0 Å². The number of carboxylic acid groups (broad SMARTS) is 1. The fourth-order valence-corrected chi connectivity index (χ4v) is 1.76. The lowest BCUT2D eigenvalue weighted by atomic mass is 10.2. The summed E-state index contributed by atoms with van der Waals surface area (Å²) in [7, 11) is 1.28. The van der Waals surface area contributed by atoms with Crippen LogP contribution in [0.5, 0.6) is 0 Å². The predicted octanol–water partition coefficient (Wildman–Crippen LogP) is 1.05. The standard InChI is InChI=1S/C12H12N4O5/c1-21-10(12(17)18)5-13-11-8-4-7(16(19)20)2-3-9(8)14-6-15-11/h2-4,6,10H,5H2,1H3,(H,17,18)(H,13,14,15). The molecule has 2 N–H and O–H groups in total. The Morgan fingerprint density at radius 1 is 1.52 bits per heavy atom. The van der Waals surface area contributed by atoms with E-state index in [-0.39, 0.29) is 12.2 Å². The molecule has 9 heteroatoms. The molecule has 110 valence electrons. The Hall–Kier alpha value is -2.81. The van der Waals surface area contributed by atoms with E-state index in [4.69, 9.17) is 9.84 Å². The summed E-state index contributed by atoms with van der Waals surface area (Å²) in [6.07, 6.45) is 0.243. The monoisotopic (exact) mass is 292 g/mol. The molecule has 0 bridgehead atoms. The van der Waals surface area contributed by atoms with Gasteiger partial charge in [0, 0.05) is 24.6 Å². The summed E-state index contributed by atoms with van der Waals surface area (Å²) in [5, 5.41) is 22.9. The van der Waals surface area contributed by atoms with Crippen molar-refractivity contribution in [2.45, 2.75) is 6.10 Å². The first-order valence-corrected chi connectivity index (χ1v) is 5.91. The molecule has 0 fully saturated rings. The fraction of sp³-hybridized carbons (Fsp3) is 0.250. The normalized spacial score (nSPS) is 12.0. The first-order valence-electron chi connectivity index (χ1n) is 5.91. The topological polar surface area (TPSA) is 127 Å². The average molecular weight is 292 g/mol. The number of nitro benzene ring substituents is 1. The van der Waals surface area contributed by atoms with Crippen molar-refractivity contribution >= 4 is 28.4 Å². The second-order valence-corrected chi connectivity index (χ2v) is 4.12. The van der Waals surface area contributed by atoms with E-state index in [9.17, 15) is 14.9 Å². The van der Waals surface area contributed by atoms with Gasteiger partial charge in [0.2, 0.25) is 0 Å². The summed E-state index contributed by atoms with van der Waals surface area (Å²) >= 11 is 0. The number of non-ortho nitro benzene ring substituents is 1. The molecule has 1 aromatic heterocycles. The zero-order chi connectivity index (χ0) is 15.4. The quantitative estimate of drug-likeness (QED) is 0.597. The summed E-state index contributed by atoms with van der Waals surface area (Å²) in [5.41, 5.74) is 0.421. The fourth-order valence-electron chi connectivity index (χ4n) is 1.76. The number of aromatic nitrogens is 2. The maximum Gasteiger partial charge on any atom is 0.334 e. The minimum absolute atomic E-state index is 0.0271. The molecule has 2 rings (SSSR count). The molecule has 0 amide bonds. The summed E-state index contributed by atoms with van der Waals surface area (Å²) in [6.45, 7) is -0.0271. The van der Waals surface area contributed by atoms with E-state index >= 15 is 0 Å². The SMILES string of the molecule is COC(CNc1ncnc2ccc([N+](=O)[O-])cc12)C(=O)O. The second-order valence-electron chi connectivity index (χ2n) is 4.12. The number of hydrogen-bond acceptors (Lipinski definition) is 7. The van der Waals surface area contributed by atoms with Gasteiger partial charge in [-0.3, -0.25) is 10.1 Å². The number of hydrogen-bond donors (Lipinski definition) is 2. The highest BCUT2D eigenvalue weighted by atomic mass is 16.6. The van der Waals surface area contributed by atoms with Gasteiger partial charge < -0.3 is 15.2 Å². The number of nitro groups is 1. The molecule has 0 aliphatic rings. The molecule has 9 nitrogen and oxygen atoms in total. The van der Waals surface area contributed by atoms with Gasteiger partial charge in [0.1, 0.15) is 12.1 Å². The van der Waals surface area contributed by atoms with Gasteiger partial charge in [-0.05, 0) is 6.07 Å². The van der Waals surface area contributed by atoms with Gasteiger partial charge in [0.25, 0.3) is 5.69 Å². The molecule has 0 aliphatic heterocycles. The van der Waals surface area contributed by atoms with Crippen molar-refractivity contribution in [3.05, 3.63) is 34.6 Å². The second kappa shape index (κ2) is 6.09. The highest BCUT2D eigenvalue weighted by Gasteiger charge is 2.17. The zero-order valence-electron chi connectivity index (χ0n) is 11.0. The van der Waals surface area contributed by atoms with Crippen molar-refractivity contribution in [1.29, 1.82) is 0 Å². The lowest BCUT2D eigenvalue weighted by Gasteiger charge is -2.12. The highest BCUT2D eigenvalue weighted by Crippen LogP contribution is 2.24. The van der Waals surface area contributed by atoms with Crippen LogP contribution in [0.2, 0.25) is 0 Å². The number of benzene rings is 1. The van der Waals surface area contributed by atoms with E-state index in [1.807, 2.05) is 0 Å². The van der Waals surface area contributed by atoms with E-state index in [2.05, 4.69) is 15.3 Å². The van der Waals surface area contributed by atoms with Gasteiger partial charge in [-0.25, -0.2) is 14.8 Å². The number of nitrogens with one attached hydrogen (secondary N) is 1. The maximum atomic E-state index is 10.9. The van der Waals surface area contributed by atoms with Crippen molar-refractivity contribution in [3.8, 4) is 0 Å². The Morgan fingerprint density at radius 3 is 2.90 bits per heavy atom. The summed E-state index contributed by atoms with van der Waals surface area (Å²) in [5.74, 6) is -0.804. The number of nitrogens with zero attached hydrogens (tertiary/aromatic N) is 3. The molecule has 0 radical (unpaired) electrons. The lowest BCUT2D eigenvalue weighted by molar-refractivity contribution is -0.384. The molecule has 2 aromatic rings. The number of fused-ring (bicyclic) bond motifs is 1. The first kappa shape index (κ1) is 14.6. The number of rotatable bonds is 6. The van der Waals surface area contributed by atoms with Crippen LogP contribution in [0, 0.1) is 10.1 Å². The summed E-state index contributed by atoms with van der Waals surface area (Å²) in [4.78, 5) is 29.1. The molecule has 1 aromatic carbocycles. The molecule has 0 saturated carbocycles. The van der Waals surface area contributed by atoms with Gasteiger partial charge in [-0.1, -0.05) is 0 Å². The Balaban J connectivity index is 2.32. The van der Waals surface area contributed by atoms with Gasteiger partial charge in [-0.2, -0.15) is 0 Å². The van der Waals surface area contributed by atoms with Crippen LogP contribution in [-0.2, 0) is 9.53 Å². The number of methoxy groups -OCH3 is 1. The van der Waals surface area contributed by atoms with E-state index in [0.717, 1.165) is 0 Å². The molecule has 1 unspecified atom stereocenters. The number of carbonyl (C=O) groups is 1. The van der Waals surface area contributed by atoms with E-state index < -0.39 is 17.0 Å². The summed E-state index contributed by atoms with van der Waals surface area (Å²) in [6, 6.07) is 4.18. The van der Waals surface area contributed by atoms with Crippen molar-refractivity contribution in [2.24, 2.45) is 0 Å². The molecule has 0 saturated heterocycles. The van der Waals surface area contributed by atoms with E-state index in [1.165, 1.54) is 31.6 Å². The van der Waals surface area contributed by atoms with Crippen LogP contribution in [0.3, 0.4) is 0 Å². The molecule has 1 atom stereocenters. The molecule has 0 spiro atoms. The van der Waals surface area contributed by atoms with Crippen molar-refractivity contribution in [1.82, 2.24) is 9.97 Å². The largest absolute Gasteiger partial charge is 0.479 e. The molecular formula is C12H12N4O5. The third-order valence-corrected chi connectivity index (χ3v) is 2.84. The Kier molecular flexibility index (Phi) is 4.24. The smallest absolute Gasteiger partial charge is 0.334 e. The minimum Gasteiger partial charge on any atom is -0.479 e. The van der Waals surface area contributed by atoms with Crippen molar-refractivity contribution in [2.75, 3.05) is 19.0 Å². The third kappa shape index (κ3) is 3.20. The average Bonchev–Trinajstić information content (AvgIpc) is 2.47. The lowest BCUT2D eigenvalue weighted by Crippen LogP contribution is -2.30. The molecule has 1 heterocycles. The van der Waals surface area contributed by atoms with Crippen LogP contribution in [0.25, 0.3) is 10.9 Å². The Labute approximate surface area is 118 Å². The summed E-state index contributed by atoms with van der Waals surface area (Å²) < 4.78 is 4.79. The number of carboxylic acids is 1. The van der Waals surface area contributed by atoms with Gasteiger partial charge >= 0.3 is 5.97 Å². The Bertz CT molecular complexity index is 690. The maximum absolute atomic E-state index is 10.9. The molecule has 21 heavy (non-hydrogen) atoms. The van der Waals surface area contributed by atoms with Crippen LogP contribution in [0.1, 0.15) is 0 Å². The Morgan fingerprint density at radius 2 is 2.29 bits per heavy atom. The van der Waals surface area contributed by atoms with Crippen LogP contribution in [-0.4, -0.2) is 45.7 Å². The number of ether oxygens (including phenoxy) is 1.